The Bertz CT molecular complexity index is 418. The van der Waals surface area contributed by atoms with Gasteiger partial charge in [-0.25, -0.2) is 4.98 Å². The predicted molar refractivity (Wildman–Crippen MR) is 78.4 cm³/mol. The molecule has 0 bridgehead atoms. The summed E-state index contributed by atoms with van der Waals surface area (Å²) in [6, 6.07) is 0.388. The van der Waals surface area contributed by atoms with E-state index >= 15 is 0 Å². The van der Waals surface area contributed by atoms with Crippen LogP contribution in [0.4, 0.5) is 0 Å². The zero-order valence-corrected chi connectivity index (χ0v) is 12.9. The maximum Gasteiger partial charge on any atom is 0.105 e. The minimum absolute atomic E-state index is 0.388. The Balaban J connectivity index is 2.21. The maximum atomic E-state index is 4.79. The summed E-state index contributed by atoms with van der Waals surface area (Å²) >= 11 is 0. The molecule has 1 unspecified atom stereocenters. The van der Waals surface area contributed by atoms with Gasteiger partial charge in [0.05, 0.1) is 11.7 Å². The quantitative estimate of drug-likeness (QED) is 0.862. The first kappa shape index (κ1) is 14.5. The molecule has 5 heteroatoms. The molecule has 0 amide bonds. The molecule has 0 saturated carbocycles. The van der Waals surface area contributed by atoms with Gasteiger partial charge in [-0.2, -0.15) is 0 Å². The molecule has 0 radical (unpaired) electrons. The summed E-state index contributed by atoms with van der Waals surface area (Å²) in [6.07, 6.45) is 0. The molecule has 2 heterocycles. The molecule has 1 N–H and O–H groups in total. The first-order valence-electron chi connectivity index (χ1n) is 7.11. The second-order valence-electron chi connectivity index (χ2n) is 5.60. The molecule has 0 aromatic carbocycles. The van der Waals surface area contributed by atoms with Gasteiger partial charge in [0.2, 0.25) is 0 Å². The van der Waals surface area contributed by atoms with E-state index in [0.717, 1.165) is 38.5 Å². The van der Waals surface area contributed by atoms with Crippen molar-refractivity contribution < 1.29 is 0 Å². The average Bonchev–Trinajstić information content (AvgIpc) is 2.65. The van der Waals surface area contributed by atoms with E-state index in [1.807, 2.05) is 7.05 Å². The van der Waals surface area contributed by atoms with Gasteiger partial charge in [-0.1, -0.05) is 0 Å². The highest BCUT2D eigenvalue weighted by Gasteiger charge is 2.27. The van der Waals surface area contributed by atoms with Gasteiger partial charge >= 0.3 is 0 Å². The van der Waals surface area contributed by atoms with Crippen molar-refractivity contribution in [1.29, 1.82) is 0 Å². The minimum atomic E-state index is 0.388. The molecule has 1 aromatic rings. The zero-order chi connectivity index (χ0) is 14.0. The molecular weight excluding hydrogens is 238 g/mol. The van der Waals surface area contributed by atoms with Crippen LogP contribution in [0.1, 0.15) is 23.3 Å². The molecule has 1 aliphatic rings. The van der Waals surface area contributed by atoms with E-state index in [2.05, 4.69) is 47.6 Å². The van der Waals surface area contributed by atoms with Crippen LogP contribution in [0.25, 0.3) is 0 Å². The van der Waals surface area contributed by atoms with E-state index in [9.17, 15) is 0 Å². The molecular formula is C14H27N5. The number of aryl methyl sites for hydroxylation is 1. The van der Waals surface area contributed by atoms with Crippen LogP contribution in [0.5, 0.6) is 0 Å². The molecule has 19 heavy (non-hydrogen) atoms. The van der Waals surface area contributed by atoms with Crippen molar-refractivity contribution >= 4 is 0 Å². The Morgan fingerprint density at radius 1 is 1.16 bits per heavy atom. The first-order chi connectivity index (χ1) is 9.04. The zero-order valence-electron chi connectivity index (χ0n) is 12.9. The van der Waals surface area contributed by atoms with Gasteiger partial charge in [-0.05, 0) is 27.9 Å². The lowest BCUT2D eigenvalue weighted by Crippen LogP contribution is -2.48. The fourth-order valence-electron chi connectivity index (χ4n) is 2.79. The average molecular weight is 265 g/mol. The number of nitrogens with zero attached hydrogens (tertiary/aromatic N) is 4. The Kier molecular flexibility index (Phi) is 4.60. The van der Waals surface area contributed by atoms with Crippen LogP contribution in [-0.2, 0) is 7.05 Å². The summed E-state index contributed by atoms with van der Waals surface area (Å²) in [7, 11) is 6.32. The van der Waals surface area contributed by atoms with Crippen molar-refractivity contribution in [3.05, 3.63) is 17.2 Å². The Labute approximate surface area is 116 Å². The molecule has 5 nitrogen and oxygen atoms in total. The van der Waals surface area contributed by atoms with Crippen LogP contribution in [0.3, 0.4) is 0 Å². The van der Waals surface area contributed by atoms with E-state index < -0.39 is 0 Å². The van der Waals surface area contributed by atoms with E-state index in [1.54, 1.807) is 0 Å². The smallest absolute Gasteiger partial charge is 0.105 e. The van der Waals surface area contributed by atoms with Gasteiger partial charge in [-0.15, -0.1) is 0 Å². The summed E-state index contributed by atoms with van der Waals surface area (Å²) in [6.45, 7) is 9.75. The number of nitrogens with one attached hydrogen (secondary N) is 1. The summed E-state index contributed by atoms with van der Waals surface area (Å²) in [5.41, 5.74) is 2.52. The van der Waals surface area contributed by atoms with Gasteiger partial charge in [-0.3, -0.25) is 4.90 Å². The molecule has 1 aliphatic heterocycles. The van der Waals surface area contributed by atoms with E-state index in [4.69, 9.17) is 4.98 Å². The predicted octanol–water partition coefficient (Wildman–Crippen LogP) is 0.545. The van der Waals surface area contributed by atoms with Crippen LogP contribution in [0, 0.1) is 13.8 Å². The van der Waals surface area contributed by atoms with Crippen LogP contribution in [0.15, 0.2) is 0 Å². The third kappa shape index (κ3) is 2.99. The fraction of sp³-hybridized carbons (Fsp3) is 0.786. The fourth-order valence-corrected chi connectivity index (χ4v) is 2.79. The minimum Gasteiger partial charge on any atom is -0.335 e. The lowest BCUT2D eigenvalue weighted by atomic mass is 10.1. The summed E-state index contributed by atoms with van der Waals surface area (Å²) in [5.74, 6) is 1.10. The number of aromatic nitrogens is 2. The molecule has 108 valence electrons. The van der Waals surface area contributed by atoms with Crippen molar-refractivity contribution in [1.82, 2.24) is 24.7 Å². The van der Waals surface area contributed by atoms with Crippen LogP contribution in [0.2, 0.25) is 0 Å². The maximum absolute atomic E-state index is 4.79. The lowest BCUT2D eigenvalue weighted by molar-refractivity contribution is 0.109. The Morgan fingerprint density at radius 3 is 2.26 bits per heavy atom. The Morgan fingerprint density at radius 2 is 1.79 bits per heavy atom. The molecule has 1 saturated heterocycles. The molecule has 1 fully saturated rings. The van der Waals surface area contributed by atoms with Gasteiger partial charge in [0.15, 0.2) is 0 Å². The lowest BCUT2D eigenvalue weighted by Gasteiger charge is -2.37. The molecule has 0 spiro atoms. The molecule has 0 aliphatic carbocycles. The van der Waals surface area contributed by atoms with Crippen molar-refractivity contribution in [2.45, 2.75) is 19.9 Å². The van der Waals surface area contributed by atoms with E-state index in [-0.39, 0.29) is 0 Å². The standard InChI is InChI=1S/C14H27N5/c1-11-14(16-12(2)18(11)5)13(10-15-3)19-8-6-17(4)7-9-19/h13,15H,6-10H2,1-5H3. The summed E-state index contributed by atoms with van der Waals surface area (Å²) in [5, 5.41) is 3.33. The third-order valence-corrected chi connectivity index (χ3v) is 4.33. The normalized spacial score (nSPS) is 19.8. The van der Waals surface area contributed by atoms with Crippen LogP contribution >= 0.6 is 0 Å². The number of hydrogen-bond donors (Lipinski definition) is 1. The highest BCUT2D eigenvalue weighted by atomic mass is 15.3. The summed E-state index contributed by atoms with van der Waals surface area (Å²) in [4.78, 5) is 9.74. The summed E-state index contributed by atoms with van der Waals surface area (Å²) < 4.78 is 2.19. The van der Waals surface area contributed by atoms with Gasteiger partial charge < -0.3 is 14.8 Å². The van der Waals surface area contributed by atoms with Crippen molar-refractivity contribution in [3.8, 4) is 0 Å². The first-order valence-corrected chi connectivity index (χ1v) is 7.11. The number of piperazine rings is 1. The SMILES string of the molecule is CNCC(c1nc(C)n(C)c1C)N1CCN(C)CC1. The van der Waals surface area contributed by atoms with Gasteiger partial charge in [0.1, 0.15) is 5.82 Å². The largest absolute Gasteiger partial charge is 0.335 e. The molecule has 1 aromatic heterocycles. The molecule has 2 rings (SSSR count). The van der Waals surface area contributed by atoms with Crippen LogP contribution in [-0.4, -0.2) is 66.2 Å². The number of imidazole rings is 1. The highest BCUT2D eigenvalue weighted by molar-refractivity contribution is 5.19. The van der Waals surface area contributed by atoms with Crippen molar-refractivity contribution in [2.75, 3.05) is 46.8 Å². The number of hydrogen-bond acceptors (Lipinski definition) is 4. The van der Waals surface area contributed by atoms with Gasteiger partial charge in [0.25, 0.3) is 0 Å². The monoisotopic (exact) mass is 265 g/mol. The van der Waals surface area contributed by atoms with Gasteiger partial charge in [0, 0.05) is 45.5 Å². The number of likely N-dealkylation sites (N-methyl/N-ethyl adjacent to an activating group) is 2. The second-order valence-corrected chi connectivity index (χ2v) is 5.60. The Hall–Kier alpha value is -0.910. The van der Waals surface area contributed by atoms with Crippen molar-refractivity contribution in [2.24, 2.45) is 7.05 Å². The third-order valence-electron chi connectivity index (χ3n) is 4.33. The van der Waals surface area contributed by atoms with Crippen molar-refractivity contribution in [3.63, 3.8) is 0 Å². The van der Waals surface area contributed by atoms with E-state index in [1.165, 1.54) is 11.4 Å². The topological polar surface area (TPSA) is 36.3 Å². The second kappa shape index (κ2) is 6.03. The number of rotatable bonds is 4. The highest BCUT2D eigenvalue weighted by Crippen LogP contribution is 2.24. The van der Waals surface area contributed by atoms with Crippen LogP contribution < -0.4 is 5.32 Å². The molecule has 1 atom stereocenters. The van der Waals surface area contributed by atoms with E-state index in [0.29, 0.717) is 6.04 Å².